The number of halogens is 2. The van der Waals surface area contributed by atoms with Gasteiger partial charge in [0.25, 0.3) is 0 Å². The van der Waals surface area contributed by atoms with E-state index >= 15 is 0 Å². The molecule has 0 aliphatic carbocycles. The monoisotopic (exact) mass is 361 g/mol. The first-order chi connectivity index (χ1) is 10.0. The third-order valence-corrected chi connectivity index (χ3v) is 4.16. The molecule has 1 heterocycles. The number of fused-ring (bicyclic) bond motifs is 1. The molecule has 132 valence electrons. The number of rotatable bonds is 7. The minimum Gasteiger partial charge on any atom is -0.371 e. The molecule has 1 aromatic carbocycles. The number of carbonyl (C=O) groups is 1. The maximum atomic E-state index is 12.0. The predicted molar refractivity (Wildman–Crippen MR) is 102 cm³/mol. The van der Waals surface area contributed by atoms with Crippen LogP contribution in [0.15, 0.2) is 24.3 Å². The van der Waals surface area contributed by atoms with Crippen molar-refractivity contribution in [3.8, 4) is 0 Å². The van der Waals surface area contributed by atoms with E-state index in [-0.39, 0.29) is 30.7 Å². The highest BCUT2D eigenvalue weighted by atomic mass is 35.5. The van der Waals surface area contributed by atoms with Crippen molar-refractivity contribution in [2.75, 3.05) is 24.5 Å². The number of nitrogens with two attached hydrogens (primary N) is 1. The van der Waals surface area contributed by atoms with Gasteiger partial charge in [-0.15, -0.1) is 24.8 Å². The Labute approximate surface area is 152 Å². The number of carbonyl (C=O) groups excluding carboxylic acids is 1. The van der Waals surface area contributed by atoms with E-state index in [1.165, 1.54) is 11.3 Å². The summed E-state index contributed by atoms with van der Waals surface area (Å²) in [4.78, 5) is 14.4. The summed E-state index contributed by atoms with van der Waals surface area (Å²) in [5.41, 5.74) is 8.05. The van der Waals surface area contributed by atoms with Crippen molar-refractivity contribution in [2.24, 2.45) is 5.73 Å². The smallest absolute Gasteiger partial charge is 0.239 e. The highest BCUT2D eigenvalue weighted by Gasteiger charge is 2.26. The Morgan fingerprint density at radius 3 is 2.74 bits per heavy atom. The fraction of sp³-hybridized carbons (Fsp3) is 0.588. The SMILES string of the molecule is CCCC(C)(N)C(=O)NCCCN1CCc2ccccc21.Cl.Cl. The molecular weight excluding hydrogens is 333 g/mol. The fourth-order valence-electron chi connectivity index (χ4n) is 2.95. The van der Waals surface area contributed by atoms with Crippen LogP contribution in [-0.2, 0) is 11.2 Å². The zero-order chi connectivity index (χ0) is 15.3. The number of amides is 1. The number of hydrogen-bond acceptors (Lipinski definition) is 3. The summed E-state index contributed by atoms with van der Waals surface area (Å²) in [6, 6.07) is 8.56. The first-order valence-corrected chi connectivity index (χ1v) is 7.94. The molecule has 0 saturated heterocycles. The van der Waals surface area contributed by atoms with E-state index in [1.54, 1.807) is 0 Å². The molecule has 0 fully saturated rings. The first-order valence-electron chi connectivity index (χ1n) is 7.94. The van der Waals surface area contributed by atoms with Gasteiger partial charge >= 0.3 is 0 Å². The molecule has 0 aromatic heterocycles. The standard InChI is InChI=1S/C17H27N3O.2ClH/c1-3-10-17(2,18)16(21)19-11-6-12-20-13-9-14-7-4-5-8-15(14)20;;/h4-5,7-8H,3,6,9-13,18H2,1-2H3,(H,19,21);2*1H. The van der Waals surface area contributed by atoms with Crippen LogP contribution in [0.2, 0.25) is 0 Å². The Bertz CT molecular complexity index is 494. The maximum Gasteiger partial charge on any atom is 0.239 e. The average Bonchev–Trinajstić information content (AvgIpc) is 2.86. The third kappa shape index (κ3) is 5.87. The lowest BCUT2D eigenvalue weighted by atomic mass is 9.96. The van der Waals surface area contributed by atoms with Crippen LogP contribution in [0.3, 0.4) is 0 Å². The zero-order valence-electron chi connectivity index (χ0n) is 14.0. The highest BCUT2D eigenvalue weighted by Crippen LogP contribution is 2.27. The minimum atomic E-state index is -0.741. The molecule has 3 N–H and O–H groups in total. The molecule has 1 aromatic rings. The van der Waals surface area contributed by atoms with E-state index in [4.69, 9.17) is 5.73 Å². The molecule has 4 nitrogen and oxygen atoms in total. The summed E-state index contributed by atoms with van der Waals surface area (Å²) in [7, 11) is 0. The van der Waals surface area contributed by atoms with E-state index in [2.05, 4.69) is 34.5 Å². The second-order valence-electron chi connectivity index (χ2n) is 6.14. The minimum absolute atomic E-state index is 0. The van der Waals surface area contributed by atoms with Crippen molar-refractivity contribution in [1.82, 2.24) is 5.32 Å². The van der Waals surface area contributed by atoms with E-state index in [1.807, 2.05) is 13.8 Å². The second kappa shape index (κ2) is 10.0. The van der Waals surface area contributed by atoms with Gasteiger partial charge in [0, 0.05) is 25.3 Å². The molecule has 0 saturated carbocycles. The molecule has 0 bridgehead atoms. The number of nitrogens with zero attached hydrogens (tertiary/aromatic N) is 1. The van der Waals surface area contributed by atoms with Crippen LogP contribution in [0.5, 0.6) is 0 Å². The molecule has 23 heavy (non-hydrogen) atoms. The molecule has 6 heteroatoms. The number of benzene rings is 1. The normalized spacial score (nSPS) is 15.0. The summed E-state index contributed by atoms with van der Waals surface area (Å²) in [6.45, 7) is 6.60. The van der Waals surface area contributed by atoms with E-state index in [0.717, 1.165) is 38.8 Å². The molecule has 1 atom stereocenters. The Kier molecular flexibility index (Phi) is 9.59. The quantitative estimate of drug-likeness (QED) is 0.734. The van der Waals surface area contributed by atoms with Crippen molar-refractivity contribution < 1.29 is 4.79 Å². The van der Waals surface area contributed by atoms with Crippen molar-refractivity contribution in [2.45, 2.75) is 45.1 Å². The molecule has 0 spiro atoms. The van der Waals surface area contributed by atoms with Crippen molar-refractivity contribution in [1.29, 1.82) is 0 Å². The second-order valence-corrected chi connectivity index (χ2v) is 6.14. The maximum absolute atomic E-state index is 12.0. The molecule has 1 amide bonds. The van der Waals surface area contributed by atoms with Crippen LogP contribution in [0.4, 0.5) is 5.69 Å². The molecule has 0 radical (unpaired) electrons. The molecule has 1 aliphatic rings. The fourth-order valence-corrected chi connectivity index (χ4v) is 2.95. The number of anilines is 1. The van der Waals surface area contributed by atoms with Crippen molar-refractivity contribution in [3.05, 3.63) is 29.8 Å². The van der Waals surface area contributed by atoms with E-state index < -0.39 is 5.54 Å². The van der Waals surface area contributed by atoms with E-state index in [9.17, 15) is 4.79 Å². The summed E-state index contributed by atoms with van der Waals surface area (Å²) in [5, 5.41) is 2.97. The molecule has 1 unspecified atom stereocenters. The lowest BCUT2D eigenvalue weighted by molar-refractivity contribution is -0.126. The first kappa shape index (κ1) is 22.0. The van der Waals surface area contributed by atoms with Gasteiger partial charge in [0.15, 0.2) is 0 Å². The van der Waals surface area contributed by atoms with Crippen molar-refractivity contribution in [3.63, 3.8) is 0 Å². The largest absolute Gasteiger partial charge is 0.371 e. The van der Waals surface area contributed by atoms with Gasteiger partial charge in [0.05, 0.1) is 5.54 Å². The third-order valence-electron chi connectivity index (χ3n) is 4.16. The lowest BCUT2D eigenvalue weighted by Crippen LogP contribution is -2.51. The van der Waals surface area contributed by atoms with Crippen LogP contribution in [0.1, 0.15) is 38.7 Å². The van der Waals surface area contributed by atoms with Crippen LogP contribution in [0.25, 0.3) is 0 Å². The topological polar surface area (TPSA) is 58.4 Å². The Morgan fingerprint density at radius 1 is 1.35 bits per heavy atom. The summed E-state index contributed by atoms with van der Waals surface area (Å²) in [5.74, 6) is -0.0360. The summed E-state index contributed by atoms with van der Waals surface area (Å²) >= 11 is 0. The number of nitrogens with one attached hydrogen (secondary N) is 1. The van der Waals surface area contributed by atoms with Crippen LogP contribution in [0, 0.1) is 0 Å². The van der Waals surface area contributed by atoms with Gasteiger partial charge in [-0.2, -0.15) is 0 Å². The Morgan fingerprint density at radius 2 is 2.04 bits per heavy atom. The van der Waals surface area contributed by atoms with Crippen molar-refractivity contribution >= 4 is 36.4 Å². The van der Waals surface area contributed by atoms with Gasteiger partial charge in [-0.1, -0.05) is 31.5 Å². The van der Waals surface area contributed by atoms with Crippen LogP contribution in [-0.4, -0.2) is 31.1 Å². The van der Waals surface area contributed by atoms with Gasteiger partial charge in [0.2, 0.25) is 5.91 Å². The Balaban J connectivity index is 0.00000242. The van der Waals surface area contributed by atoms with E-state index in [0.29, 0.717) is 6.54 Å². The molecule has 2 rings (SSSR count). The zero-order valence-corrected chi connectivity index (χ0v) is 15.6. The van der Waals surface area contributed by atoms with Gasteiger partial charge in [0.1, 0.15) is 0 Å². The lowest BCUT2D eigenvalue weighted by Gasteiger charge is -2.23. The van der Waals surface area contributed by atoms with Crippen LogP contribution >= 0.6 is 24.8 Å². The van der Waals surface area contributed by atoms with Crippen LogP contribution < -0.4 is 16.0 Å². The number of para-hydroxylation sites is 1. The molecule has 1 aliphatic heterocycles. The summed E-state index contributed by atoms with van der Waals surface area (Å²) < 4.78 is 0. The van der Waals surface area contributed by atoms with Gasteiger partial charge < -0.3 is 16.0 Å². The predicted octanol–water partition coefficient (Wildman–Crippen LogP) is 2.92. The van der Waals surface area contributed by atoms with Gasteiger partial charge in [-0.3, -0.25) is 4.79 Å². The van der Waals surface area contributed by atoms with Gasteiger partial charge in [-0.25, -0.2) is 0 Å². The average molecular weight is 362 g/mol. The molecular formula is C17H29Cl2N3O. The highest BCUT2D eigenvalue weighted by molar-refractivity contribution is 5.86. The van der Waals surface area contributed by atoms with Gasteiger partial charge in [-0.05, 0) is 37.8 Å². The number of hydrogen-bond donors (Lipinski definition) is 2. The summed E-state index contributed by atoms with van der Waals surface area (Å²) in [6.07, 6.45) is 3.71. The Hall–Kier alpha value is -0.970.